The molecule has 0 aliphatic carbocycles. The summed E-state index contributed by atoms with van der Waals surface area (Å²) < 4.78 is 17.4. The molecule has 0 radical (unpaired) electrons. The molecule has 2 aliphatic rings. The molecule has 0 spiro atoms. The van der Waals surface area contributed by atoms with Crippen molar-refractivity contribution in [2.45, 2.75) is 24.7 Å². The average molecular weight is 426 g/mol. The fraction of sp³-hybridized carbons (Fsp3) is 0.316. The quantitative estimate of drug-likeness (QED) is 0.510. The number of ether oxygens (including phenoxy) is 3. The molecule has 6 rings (SSSR count). The molecular weight excluding hydrogens is 410 g/mol. The highest BCUT2D eigenvalue weighted by Crippen LogP contribution is 2.32. The third-order valence-corrected chi connectivity index (χ3v) is 5.64. The van der Waals surface area contributed by atoms with E-state index in [2.05, 4.69) is 35.6 Å². The van der Waals surface area contributed by atoms with Gasteiger partial charge < -0.3 is 19.2 Å². The molecule has 11 heteroatoms. The van der Waals surface area contributed by atoms with Gasteiger partial charge in [0.25, 0.3) is 6.01 Å². The number of fused-ring (bicyclic) bond motifs is 2. The topological polar surface area (TPSA) is 124 Å². The van der Waals surface area contributed by atoms with E-state index < -0.39 is 0 Å². The van der Waals surface area contributed by atoms with Crippen LogP contribution < -0.4 is 4.74 Å². The first kappa shape index (κ1) is 17.8. The molecule has 2 N–H and O–H groups in total. The van der Waals surface area contributed by atoms with Crippen molar-refractivity contribution in [1.82, 2.24) is 35.6 Å². The van der Waals surface area contributed by atoms with Crippen LogP contribution in [0.2, 0.25) is 5.02 Å². The summed E-state index contributed by atoms with van der Waals surface area (Å²) >= 11 is 6.50. The molecule has 2 fully saturated rings. The van der Waals surface area contributed by atoms with Gasteiger partial charge in [-0.3, -0.25) is 0 Å². The largest absolute Gasteiger partial charge is 0.456 e. The standard InChI is InChI=1S/C19H16ClN7O3/c20-11-7-12-18(23-19(21-12)30-14-8-29-13-5-6-28-16(13)14)22-15(11)9-1-3-10(4-2-9)17-24-26-27-25-17/h1-4,7,13-14,16H,5-6,8H2,(H,21,22,23)(H,24,25,26,27). The Hall–Kier alpha value is -3.08. The highest BCUT2D eigenvalue weighted by atomic mass is 35.5. The molecule has 2 aliphatic heterocycles. The van der Waals surface area contributed by atoms with Gasteiger partial charge in [0.15, 0.2) is 11.8 Å². The molecule has 4 aromatic rings. The first-order valence-electron chi connectivity index (χ1n) is 9.55. The summed E-state index contributed by atoms with van der Waals surface area (Å²) in [5, 5.41) is 14.5. The SMILES string of the molecule is Clc1cc2[nH]c(OC3COC4CCOC43)nc2nc1-c1ccc(-c2nn[nH]n2)cc1. The molecule has 30 heavy (non-hydrogen) atoms. The number of tetrazole rings is 1. The first-order valence-corrected chi connectivity index (χ1v) is 9.93. The van der Waals surface area contributed by atoms with Crippen LogP contribution in [0.1, 0.15) is 6.42 Å². The maximum Gasteiger partial charge on any atom is 0.296 e. The Bertz CT molecular complexity index is 1200. The van der Waals surface area contributed by atoms with E-state index in [9.17, 15) is 0 Å². The lowest BCUT2D eigenvalue weighted by molar-refractivity contribution is 0.0273. The molecule has 2 saturated heterocycles. The van der Waals surface area contributed by atoms with E-state index in [1.807, 2.05) is 24.3 Å². The van der Waals surface area contributed by atoms with E-state index in [1.165, 1.54) is 0 Å². The molecule has 0 bridgehead atoms. The summed E-state index contributed by atoms with van der Waals surface area (Å²) in [5.41, 5.74) is 3.54. The number of pyridine rings is 1. The van der Waals surface area contributed by atoms with Crippen LogP contribution >= 0.6 is 11.6 Å². The Morgan fingerprint density at radius 2 is 1.97 bits per heavy atom. The van der Waals surface area contributed by atoms with E-state index in [-0.39, 0.29) is 18.3 Å². The Morgan fingerprint density at radius 1 is 1.10 bits per heavy atom. The van der Waals surface area contributed by atoms with Gasteiger partial charge in [0.05, 0.1) is 28.9 Å². The molecule has 152 valence electrons. The molecule has 3 atom stereocenters. The summed E-state index contributed by atoms with van der Waals surface area (Å²) in [7, 11) is 0. The summed E-state index contributed by atoms with van der Waals surface area (Å²) in [5.74, 6) is 0.523. The highest BCUT2D eigenvalue weighted by molar-refractivity contribution is 6.33. The Morgan fingerprint density at radius 3 is 2.80 bits per heavy atom. The number of imidazole rings is 1. The lowest BCUT2D eigenvalue weighted by Crippen LogP contribution is -2.32. The van der Waals surface area contributed by atoms with Crippen LogP contribution in [0.15, 0.2) is 30.3 Å². The van der Waals surface area contributed by atoms with Gasteiger partial charge in [-0.05, 0) is 17.7 Å². The minimum Gasteiger partial charge on any atom is -0.456 e. The molecule has 0 amide bonds. The van der Waals surface area contributed by atoms with Crippen molar-refractivity contribution in [3.05, 3.63) is 35.4 Å². The normalized spacial score (nSPS) is 23.2. The fourth-order valence-electron chi connectivity index (χ4n) is 3.89. The van der Waals surface area contributed by atoms with Gasteiger partial charge >= 0.3 is 0 Å². The van der Waals surface area contributed by atoms with E-state index >= 15 is 0 Å². The maximum absolute atomic E-state index is 6.50. The Balaban J connectivity index is 1.28. The molecule has 3 aromatic heterocycles. The number of rotatable bonds is 4. The van der Waals surface area contributed by atoms with Crippen LogP contribution in [0.3, 0.4) is 0 Å². The zero-order valence-corrected chi connectivity index (χ0v) is 16.3. The summed E-state index contributed by atoms with van der Waals surface area (Å²) in [4.78, 5) is 12.2. The predicted molar refractivity (Wildman–Crippen MR) is 106 cm³/mol. The lowest BCUT2D eigenvalue weighted by Gasteiger charge is -2.15. The van der Waals surface area contributed by atoms with Crippen LogP contribution in [-0.2, 0) is 9.47 Å². The second-order valence-electron chi connectivity index (χ2n) is 7.20. The number of nitrogens with zero attached hydrogens (tertiary/aromatic N) is 5. The fourth-order valence-corrected chi connectivity index (χ4v) is 4.15. The number of aromatic amines is 2. The van der Waals surface area contributed by atoms with Gasteiger partial charge in [0.2, 0.25) is 5.82 Å². The van der Waals surface area contributed by atoms with Crippen molar-refractivity contribution in [3.8, 4) is 28.7 Å². The van der Waals surface area contributed by atoms with Gasteiger partial charge in [-0.2, -0.15) is 10.2 Å². The van der Waals surface area contributed by atoms with Crippen LogP contribution in [0.4, 0.5) is 0 Å². The number of aromatic nitrogens is 7. The maximum atomic E-state index is 6.50. The third kappa shape index (κ3) is 3.00. The van der Waals surface area contributed by atoms with Crippen molar-refractivity contribution in [2.24, 2.45) is 0 Å². The Labute approximate surface area is 174 Å². The summed E-state index contributed by atoms with van der Waals surface area (Å²) in [6, 6.07) is 9.76. The van der Waals surface area contributed by atoms with Crippen LogP contribution in [0, 0.1) is 0 Å². The van der Waals surface area contributed by atoms with Crippen molar-refractivity contribution < 1.29 is 14.2 Å². The molecule has 0 saturated carbocycles. The molecule has 1 aromatic carbocycles. The third-order valence-electron chi connectivity index (χ3n) is 5.35. The van der Waals surface area contributed by atoms with Crippen molar-refractivity contribution in [3.63, 3.8) is 0 Å². The number of nitrogens with one attached hydrogen (secondary N) is 2. The van der Waals surface area contributed by atoms with E-state index in [4.69, 9.17) is 25.8 Å². The molecular formula is C19H16ClN7O3. The van der Waals surface area contributed by atoms with Crippen molar-refractivity contribution >= 4 is 22.8 Å². The van der Waals surface area contributed by atoms with Gasteiger partial charge in [-0.25, -0.2) is 4.98 Å². The smallest absolute Gasteiger partial charge is 0.296 e. The summed E-state index contributed by atoms with van der Waals surface area (Å²) in [6.07, 6.45) is 0.763. The minimum absolute atomic E-state index is 0.0527. The van der Waals surface area contributed by atoms with Crippen LogP contribution in [0.5, 0.6) is 6.01 Å². The number of halogens is 1. The zero-order valence-electron chi connectivity index (χ0n) is 15.6. The number of benzene rings is 1. The van der Waals surface area contributed by atoms with Gasteiger partial charge in [-0.15, -0.1) is 10.2 Å². The van der Waals surface area contributed by atoms with Gasteiger partial charge in [-0.1, -0.05) is 35.9 Å². The van der Waals surface area contributed by atoms with Crippen molar-refractivity contribution in [2.75, 3.05) is 13.2 Å². The molecule has 3 unspecified atom stereocenters. The van der Waals surface area contributed by atoms with E-state index in [0.29, 0.717) is 46.9 Å². The highest BCUT2D eigenvalue weighted by Gasteiger charge is 2.43. The van der Waals surface area contributed by atoms with Crippen LogP contribution in [-0.4, -0.2) is 67.1 Å². The number of hydrogen-bond acceptors (Lipinski definition) is 8. The van der Waals surface area contributed by atoms with E-state index in [1.54, 1.807) is 6.07 Å². The summed E-state index contributed by atoms with van der Waals surface area (Å²) in [6.45, 7) is 1.18. The zero-order chi connectivity index (χ0) is 20.1. The Kier molecular flexibility index (Phi) is 4.15. The first-order chi connectivity index (χ1) is 14.7. The monoisotopic (exact) mass is 425 g/mol. The minimum atomic E-state index is -0.189. The lowest BCUT2D eigenvalue weighted by atomic mass is 10.1. The predicted octanol–water partition coefficient (Wildman–Crippen LogP) is 2.39. The average Bonchev–Trinajstić information content (AvgIpc) is 3.54. The van der Waals surface area contributed by atoms with E-state index in [0.717, 1.165) is 17.5 Å². The second-order valence-corrected chi connectivity index (χ2v) is 7.60. The second kappa shape index (κ2) is 7.01. The van der Waals surface area contributed by atoms with Gasteiger partial charge in [0, 0.05) is 17.7 Å². The molecule has 5 heterocycles. The van der Waals surface area contributed by atoms with Crippen LogP contribution in [0.25, 0.3) is 33.8 Å². The number of hydrogen-bond donors (Lipinski definition) is 2. The van der Waals surface area contributed by atoms with Gasteiger partial charge in [0.1, 0.15) is 6.10 Å². The molecule has 10 nitrogen and oxygen atoms in total. The number of H-pyrrole nitrogens is 2. The van der Waals surface area contributed by atoms with Crippen molar-refractivity contribution in [1.29, 1.82) is 0 Å².